The Balaban J connectivity index is 1.81. The van der Waals surface area contributed by atoms with Crippen molar-refractivity contribution in [2.24, 2.45) is 0 Å². The second-order valence-electron chi connectivity index (χ2n) is 5.42. The van der Waals surface area contributed by atoms with Gasteiger partial charge in [-0.3, -0.25) is 14.6 Å². The van der Waals surface area contributed by atoms with Crippen LogP contribution in [0.3, 0.4) is 0 Å². The number of esters is 1. The van der Waals surface area contributed by atoms with E-state index in [-0.39, 0.29) is 5.56 Å². The van der Waals surface area contributed by atoms with Crippen LogP contribution in [-0.4, -0.2) is 25.6 Å². The highest BCUT2D eigenvalue weighted by atomic mass is 32.1. The molecule has 4 aromatic rings. The highest BCUT2D eigenvalue weighted by Gasteiger charge is 2.16. The molecule has 7 nitrogen and oxygen atoms in total. The molecule has 0 atom stereocenters. The summed E-state index contributed by atoms with van der Waals surface area (Å²) < 4.78 is 6.99. The molecule has 128 valence electrons. The Bertz CT molecular complexity index is 1210. The Morgan fingerprint density at radius 2 is 1.96 bits per heavy atom. The second kappa shape index (κ2) is 6.49. The first-order valence-electron chi connectivity index (χ1n) is 7.71. The van der Waals surface area contributed by atoms with Crippen molar-refractivity contribution >= 4 is 28.3 Å². The van der Waals surface area contributed by atoms with Crippen molar-refractivity contribution in [3.63, 3.8) is 0 Å². The van der Waals surface area contributed by atoms with Crippen LogP contribution in [0.5, 0.6) is 5.75 Å². The fourth-order valence-corrected chi connectivity index (χ4v) is 3.36. The maximum absolute atomic E-state index is 12.6. The molecule has 0 aliphatic rings. The number of hydrogen-bond donors (Lipinski definition) is 0. The quantitative estimate of drug-likeness (QED) is 0.406. The zero-order valence-corrected chi connectivity index (χ0v) is 14.4. The molecule has 0 aliphatic heterocycles. The molecule has 0 N–H and O–H groups in total. The number of benzene rings is 1. The van der Waals surface area contributed by atoms with E-state index in [0.717, 1.165) is 5.56 Å². The van der Waals surface area contributed by atoms with Crippen molar-refractivity contribution in [2.45, 2.75) is 6.92 Å². The van der Waals surface area contributed by atoms with Crippen molar-refractivity contribution in [2.75, 3.05) is 0 Å². The van der Waals surface area contributed by atoms with Gasteiger partial charge >= 0.3 is 5.97 Å². The van der Waals surface area contributed by atoms with Crippen LogP contribution < -0.4 is 14.8 Å². The van der Waals surface area contributed by atoms with Crippen LogP contribution in [0.15, 0.2) is 53.6 Å². The zero-order valence-electron chi connectivity index (χ0n) is 13.6. The third kappa shape index (κ3) is 2.98. The van der Waals surface area contributed by atoms with E-state index in [4.69, 9.17) is 4.74 Å². The molecule has 0 aliphatic carbocycles. The predicted octanol–water partition coefficient (Wildman–Crippen LogP) is 1.69. The lowest BCUT2D eigenvalue weighted by atomic mass is 10.2. The van der Waals surface area contributed by atoms with E-state index in [0.29, 0.717) is 26.6 Å². The number of nitrogens with zero attached hydrogens (tertiary/aromatic N) is 4. The number of carbonyl (C=O) groups excluding carboxylic acids is 1. The number of thiazole rings is 1. The minimum atomic E-state index is -0.433. The number of hydrogen-bond acceptors (Lipinski definition) is 7. The molecule has 0 saturated carbocycles. The van der Waals surface area contributed by atoms with Crippen LogP contribution in [0, 0.1) is 0 Å². The fraction of sp³-hybridized carbons (Fsp3) is 0.0556. The number of aromatic nitrogens is 4. The van der Waals surface area contributed by atoms with E-state index in [9.17, 15) is 9.59 Å². The molecule has 0 fully saturated rings. The maximum Gasteiger partial charge on any atom is 0.308 e. The summed E-state index contributed by atoms with van der Waals surface area (Å²) in [7, 11) is 0. The number of carbonyl (C=O) groups is 1. The molecule has 1 aromatic carbocycles. The number of ether oxygens (including phenoxy) is 1. The van der Waals surface area contributed by atoms with E-state index in [2.05, 4.69) is 15.1 Å². The molecule has 3 heterocycles. The smallest absolute Gasteiger partial charge is 0.308 e. The van der Waals surface area contributed by atoms with Crippen molar-refractivity contribution in [1.29, 1.82) is 0 Å². The van der Waals surface area contributed by atoms with Gasteiger partial charge in [0, 0.05) is 19.3 Å². The van der Waals surface area contributed by atoms with Crippen molar-refractivity contribution in [3.05, 3.63) is 69.2 Å². The molecule has 0 bridgehead atoms. The van der Waals surface area contributed by atoms with Crippen LogP contribution in [0.1, 0.15) is 12.5 Å². The summed E-state index contributed by atoms with van der Waals surface area (Å²) in [5, 5.41) is 4.29. The highest BCUT2D eigenvalue weighted by Crippen LogP contribution is 2.27. The SMILES string of the molecule is CC(=O)Oc1ccccc1-c1nc2s/c(=C\c3ccncc3)c(=O)n2n1. The minimum Gasteiger partial charge on any atom is -0.426 e. The first kappa shape index (κ1) is 16.1. The third-order valence-electron chi connectivity index (χ3n) is 3.57. The summed E-state index contributed by atoms with van der Waals surface area (Å²) in [5.41, 5.74) is 1.19. The fourth-order valence-electron chi connectivity index (χ4n) is 2.45. The topological polar surface area (TPSA) is 86.5 Å². The molecule has 0 amide bonds. The lowest BCUT2D eigenvalue weighted by Crippen LogP contribution is -2.23. The van der Waals surface area contributed by atoms with Crippen molar-refractivity contribution < 1.29 is 9.53 Å². The van der Waals surface area contributed by atoms with Gasteiger partial charge in [-0.15, -0.1) is 5.10 Å². The Hall–Kier alpha value is -3.39. The summed E-state index contributed by atoms with van der Waals surface area (Å²) in [4.78, 5) is 32.7. The molecular formula is C18H12N4O3S. The maximum atomic E-state index is 12.6. The van der Waals surface area contributed by atoms with E-state index >= 15 is 0 Å². The second-order valence-corrected chi connectivity index (χ2v) is 6.43. The first-order chi connectivity index (χ1) is 12.6. The molecule has 0 unspecified atom stereocenters. The highest BCUT2D eigenvalue weighted by molar-refractivity contribution is 7.15. The summed E-state index contributed by atoms with van der Waals surface area (Å²) >= 11 is 1.25. The Labute approximate surface area is 151 Å². The lowest BCUT2D eigenvalue weighted by molar-refractivity contribution is -0.131. The summed E-state index contributed by atoms with van der Waals surface area (Å²) in [5.74, 6) is 0.257. The average Bonchev–Trinajstić information content (AvgIpc) is 3.16. The largest absolute Gasteiger partial charge is 0.426 e. The normalized spacial score (nSPS) is 11.8. The summed E-state index contributed by atoms with van der Waals surface area (Å²) in [6, 6.07) is 10.6. The van der Waals surface area contributed by atoms with Crippen LogP contribution in [0.4, 0.5) is 0 Å². The molecule has 26 heavy (non-hydrogen) atoms. The van der Waals surface area contributed by atoms with Gasteiger partial charge in [0.1, 0.15) is 5.75 Å². The van der Waals surface area contributed by atoms with Gasteiger partial charge in [0.15, 0.2) is 5.82 Å². The predicted molar refractivity (Wildman–Crippen MR) is 96.9 cm³/mol. The van der Waals surface area contributed by atoms with Crippen molar-refractivity contribution in [3.8, 4) is 17.1 Å². The Kier molecular flexibility index (Phi) is 4.02. The number of fused-ring (bicyclic) bond motifs is 1. The molecular weight excluding hydrogens is 352 g/mol. The number of rotatable bonds is 3. The van der Waals surface area contributed by atoms with Gasteiger partial charge in [-0.25, -0.2) is 0 Å². The van der Waals surface area contributed by atoms with Gasteiger partial charge in [0.25, 0.3) is 5.56 Å². The molecule has 0 spiro atoms. The summed E-state index contributed by atoms with van der Waals surface area (Å²) in [6.07, 6.45) is 5.10. The van der Waals surface area contributed by atoms with Crippen LogP contribution in [0.25, 0.3) is 22.4 Å². The van der Waals surface area contributed by atoms with E-state index in [1.807, 2.05) is 12.1 Å². The van der Waals surface area contributed by atoms with E-state index in [1.54, 1.807) is 42.7 Å². The zero-order chi connectivity index (χ0) is 18.1. The van der Waals surface area contributed by atoms with Gasteiger partial charge in [0.2, 0.25) is 4.96 Å². The van der Waals surface area contributed by atoms with Gasteiger partial charge in [-0.05, 0) is 35.9 Å². The van der Waals surface area contributed by atoms with Gasteiger partial charge in [-0.2, -0.15) is 9.50 Å². The van der Waals surface area contributed by atoms with E-state index < -0.39 is 5.97 Å². The summed E-state index contributed by atoms with van der Waals surface area (Å²) in [6.45, 7) is 1.33. The number of pyridine rings is 1. The van der Waals surface area contributed by atoms with E-state index in [1.165, 1.54) is 22.8 Å². The molecule has 0 radical (unpaired) electrons. The lowest BCUT2D eigenvalue weighted by Gasteiger charge is -2.04. The van der Waals surface area contributed by atoms with Gasteiger partial charge in [-0.1, -0.05) is 23.5 Å². The van der Waals surface area contributed by atoms with Crippen LogP contribution >= 0.6 is 11.3 Å². The monoisotopic (exact) mass is 364 g/mol. The first-order valence-corrected chi connectivity index (χ1v) is 8.52. The number of para-hydroxylation sites is 1. The van der Waals surface area contributed by atoms with Gasteiger partial charge < -0.3 is 4.74 Å². The Morgan fingerprint density at radius 3 is 2.69 bits per heavy atom. The molecule has 8 heteroatoms. The van der Waals surface area contributed by atoms with Gasteiger partial charge in [0.05, 0.1) is 10.1 Å². The average molecular weight is 364 g/mol. The molecule has 4 rings (SSSR count). The standard InChI is InChI=1S/C18H12N4O3S/c1-11(23)25-14-5-3-2-4-13(14)16-20-18-22(21-16)17(24)15(26-18)10-12-6-8-19-9-7-12/h2-10H,1H3/b15-10-. The minimum absolute atomic E-state index is 0.245. The third-order valence-corrected chi connectivity index (χ3v) is 4.53. The Morgan fingerprint density at radius 1 is 1.19 bits per heavy atom. The van der Waals surface area contributed by atoms with Crippen molar-refractivity contribution in [1.82, 2.24) is 19.6 Å². The molecule has 3 aromatic heterocycles. The van der Waals surface area contributed by atoms with Crippen LogP contribution in [0.2, 0.25) is 0 Å². The molecule has 0 saturated heterocycles. The van der Waals surface area contributed by atoms with Crippen LogP contribution in [-0.2, 0) is 4.79 Å².